The lowest BCUT2D eigenvalue weighted by Gasteiger charge is -2.48. The number of halogens is 2. The van der Waals surface area contributed by atoms with Gasteiger partial charge in [0.25, 0.3) is 0 Å². The third-order valence-electron chi connectivity index (χ3n) is 7.14. The number of hydrogen-bond donors (Lipinski definition) is 0. The van der Waals surface area contributed by atoms with E-state index in [1.54, 1.807) is 18.3 Å². The number of piperazine rings is 1. The molecule has 5 nitrogen and oxygen atoms in total. The van der Waals surface area contributed by atoms with Gasteiger partial charge >= 0.3 is 0 Å². The predicted octanol–water partition coefficient (Wildman–Crippen LogP) is 5.40. The molecule has 0 aliphatic carbocycles. The summed E-state index contributed by atoms with van der Waals surface area (Å²) in [7, 11) is 0. The van der Waals surface area contributed by atoms with Gasteiger partial charge in [0.1, 0.15) is 5.82 Å². The van der Waals surface area contributed by atoms with E-state index in [0.717, 1.165) is 73.1 Å². The van der Waals surface area contributed by atoms with Crippen LogP contribution in [0.25, 0.3) is 21.8 Å². The van der Waals surface area contributed by atoms with Crippen LogP contribution in [0.4, 0.5) is 10.1 Å². The summed E-state index contributed by atoms with van der Waals surface area (Å²) < 4.78 is 14.3. The maximum absolute atomic E-state index is 14.3. The highest BCUT2D eigenvalue weighted by Crippen LogP contribution is 2.38. The number of alkyl halides is 1. The minimum Gasteiger partial charge on any atom is -0.367 e. The first-order valence-corrected chi connectivity index (χ1v) is 12.4. The van der Waals surface area contributed by atoms with Gasteiger partial charge in [0.05, 0.1) is 22.8 Å². The van der Waals surface area contributed by atoms with Gasteiger partial charge in [-0.25, -0.2) is 14.4 Å². The molecule has 2 aromatic heterocycles. The molecule has 34 heavy (non-hydrogen) atoms. The van der Waals surface area contributed by atoms with Crippen LogP contribution >= 0.6 is 11.6 Å². The van der Waals surface area contributed by atoms with Crippen LogP contribution in [0.2, 0.25) is 0 Å². The van der Waals surface area contributed by atoms with Crippen LogP contribution in [0.3, 0.4) is 0 Å². The van der Waals surface area contributed by atoms with Crippen molar-refractivity contribution in [3.8, 4) is 0 Å². The van der Waals surface area contributed by atoms with Crippen molar-refractivity contribution in [1.29, 1.82) is 0 Å². The third kappa shape index (κ3) is 4.00. The molecule has 174 valence electrons. The van der Waals surface area contributed by atoms with E-state index >= 15 is 0 Å². The number of nitrogens with zero attached hydrogens (tertiary/aromatic N) is 5. The first-order valence-electron chi connectivity index (χ1n) is 12.0. The van der Waals surface area contributed by atoms with Gasteiger partial charge in [-0.1, -0.05) is 30.3 Å². The Kier molecular flexibility index (Phi) is 5.81. The summed E-state index contributed by atoms with van der Waals surface area (Å²) in [6.07, 6.45) is 5.51. The summed E-state index contributed by atoms with van der Waals surface area (Å²) in [5, 5.41) is 7.12. The largest absolute Gasteiger partial charge is 0.367 e. The fourth-order valence-electron chi connectivity index (χ4n) is 5.50. The van der Waals surface area contributed by atoms with Crippen molar-refractivity contribution < 1.29 is 4.39 Å². The molecule has 0 radical (unpaired) electrons. The average Bonchev–Trinajstić information content (AvgIpc) is 2.88. The number of rotatable bonds is 3. The Labute approximate surface area is 203 Å². The first kappa shape index (κ1) is 21.7. The van der Waals surface area contributed by atoms with E-state index in [9.17, 15) is 4.39 Å². The van der Waals surface area contributed by atoms with Crippen molar-refractivity contribution >= 4 is 39.1 Å². The minimum absolute atomic E-state index is 0.159. The molecule has 4 aromatic rings. The quantitative estimate of drug-likeness (QED) is 0.370. The topological polar surface area (TPSA) is 35.5 Å². The van der Waals surface area contributed by atoms with Crippen LogP contribution in [-0.2, 0) is 0 Å². The van der Waals surface area contributed by atoms with Crippen molar-refractivity contribution in [2.24, 2.45) is 0 Å². The van der Waals surface area contributed by atoms with E-state index in [4.69, 9.17) is 16.6 Å². The zero-order valence-corrected chi connectivity index (χ0v) is 19.7. The van der Waals surface area contributed by atoms with E-state index in [2.05, 4.69) is 44.2 Å². The van der Waals surface area contributed by atoms with Gasteiger partial charge in [0.15, 0.2) is 0 Å². The Balaban J connectivity index is 1.26. The summed E-state index contributed by atoms with van der Waals surface area (Å²) >= 11 is 6.67. The van der Waals surface area contributed by atoms with E-state index in [0.29, 0.717) is 0 Å². The summed E-state index contributed by atoms with van der Waals surface area (Å²) in [6, 6.07) is 17.7. The van der Waals surface area contributed by atoms with Crippen molar-refractivity contribution in [1.82, 2.24) is 20.0 Å². The van der Waals surface area contributed by atoms with Crippen LogP contribution in [-0.4, -0.2) is 58.1 Å². The fraction of sp³-hybridized carbons (Fsp3) is 0.333. The number of para-hydroxylation sites is 1. The molecule has 4 heterocycles. The highest BCUT2D eigenvalue weighted by atomic mass is 35.5. The number of fused-ring (bicyclic) bond motifs is 2. The van der Waals surface area contributed by atoms with Crippen LogP contribution in [0.15, 0.2) is 67.0 Å². The molecule has 2 aromatic carbocycles. The van der Waals surface area contributed by atoms with Gasteiger partial charge < -0.3 is 4.90 Å². The Morgan fingerprint density at radius 3 is 2.38 bits per heavy atom. The Bertz CT molecular complexity index is 1320. The van der Waals surface area contributed by atoms with Crippen LogP contribution in [0.1, 0.15) is 24.4 Å². The number of pyridine rings is 2. The second-order valence-electron chi connectivity index (χ2n) is 9.16. The van der Waals surface area contributed by atoms with E-state index in [1.807, 2.05) is 24.4 Å². The van der Waals surface area contributed by atoms with E-state index in [1.165, 1.54) is 5.56 Å². The van der Waals surface area contributed by atoms with Gasteiger partial charge in [-0.15, -0.1) is 11.6 Å². The lowest BCUT2D eigenvalue weighted by Crippen LogP contribution is -2.56. The second kappa shape index (κ2) is 9.10. The molecule has 0 N–H and O–H groups in total. The maximum Gasteiger partial charge on any atom is 0.126 e. The molecule has 2 aliphatic rings. The maximum atomic E-state index is 14.3. The Morgan fingerprint density at radius 1 is 0.824 bits per heavy atom. The molecule has 6 rings (SSSR count). The first-order chi connectivity index (χ1) is 16.7. The summed E-state index contributed by atoms with van der Waals surface area (Å²) in [5.74, 6) is -0.217. The van der Waals surface area contributed by atoms with Crippen LogP contribution < -0.4 is 4.90 Å². The van der Waals surface area contributed by atoms with Crippen molar-refractivity contribution in [2.75, 3.05) is 37.6 Å². The Hall–Kier alpha value is -2.80. The summed E-state index contributed by atoms with van der Waals surface area (Å²) in [4.78, 5) is 11.5. The fourth-order valence-corrected chi connectivity index (χ4v) is 5.77. The lowest BCUT2D eigenvalue weighted by molar-refractivity contribution is -0.0815. The normalized spacial score (nSPS) is 22.5. The standard InChI is InChI=1S/C27H27ClFN5/c28-21-8-11-34(24(17-21)23-7-1-4-19-5-2-9-30-26(19)23)33-14-12-32(13-15-33)25-18-22(29)16-20-6-3-10-31-27(20)25/h1-7,9-10,16,18,21,24H,8,11-15,17H2. The Morgan fingerprint density at radius 2 is 1.56 bits per heavy atom. The highest BCUT2D eigenvalue weighted by Gasteiger charge is 2.35. The third-order valence-corrected chi connectivity index (χ3v) is 7.54. The van der Waals surface area contributed by atoms with Gasteiger partial charge in [0, 0.05) is 61.3 Å². The zero-order valence-electron chi connectivity index (χ0n) is 18.9. The molecule has 0 bridgehead atoms. The zero-order chi connectivity index (χ0) is 23.1. The van der Waals surface area contributed by atoms with Gasteiger partial charge in [-0.05, 0) is 42.7 Å². The number of anilines is 1. The predicted molar refractivity (Wildman–Crippen MR) is 136 cm³/mol. The molecular weight excluding hydrogens is 449 g/mol. The molecule has 0 spiro atoms. The highest BCUT2D eigenvalue weighted by molar-refractivity contribution is 6.20. The molecule has 0 amide bonds. The number of hydrazine groups is 1. The lowest BCUT2D eigenvalue weighted by atomic mass is 9.94. The average molecular weight is 476 g/mol. The van der Waals surface area contributed by atoms with Crippen LogP contribution in [0.5, 0.6) is 0 Å². The number of aromatic nitrogens is 2. The molecule has 2 unspecified atom stereocenters. The van der Waals surface area contributed by atoms with Crippen molar-refractivity contribution in [2.45, 2.75) is 24.3 Å². The SMILES string of the molecule is Fc1cc(N2CCN(N3CCC(Cl)CC3c3cccc4cccnc34)CC2)c2ncccc2c1. The molecule has 2 atom stereocenters. The van der Waals surface area contributed by atoms with Gasteiger partial charge in [-0.3, -0.25) is 9.97 Å². The molecule has 2 fully saturated rings. The summed E-state index contributed by atoms with van der Waals surface area (Å²) in [5.41, 5.74) is 4.04. The van der Waals surface area contributed by atoms with E-state index in [-0.39, 0.29) is 17.2 Å². The second-order valence-corrected chi connectivity index (χ2v) is 9.78. The van der Waals surface area contributed by atoms with Crippen LogP contribution in [0, 0.1) is 5.82 Å². The van der Waals surface area contributed by atoms with E-state index < -0.39 is 0 Å². The minimum atomic E-state index is -0.217. The monoisotopic (exact) mass is 475 g/mol. The molecule has 2 saturated heterocycles. The summed E-state index contributed by atoms with van der Waals surface area (Å²) in [6.45, 7) is 4.29. The smallest absolute Gasteiger partial charge is 0.126 e. The van der Waals surface area contributed by atoms with Crippen molar-refractivity contribution in [3.63, 3.8) is 0 Å². The molecular formula is C27H27ClFN5. The van der Waals surface area contributed by atoms with Crippen molar-refractivity contribution in [3.05, 3.63) is 78.4 Å². The number of piperidine rings is 1. The van der Waals surface area contributed by atoms with Gasteiger partial charge in [0.2, 0.25) is 0 Å². The number of hydrogen-bond acceptors (Lipinski definition) is 5. The van der Waals surface area contributed by atoms with Gasteiger partial charge in [-0.2, -0.15) is 0 Å². The molecule has 2 aliphatic heterocycles. The number of benzene rings is 2. The molecule has 7 heteroatoms. The molecule has 0 saturated carbocycles.